The SMILES string of the molecule is COCCN(C)c1ncnc(N(C)CC2CCCO2)c1N. The van der Waals surface area contributed by atoms with E-state index in [4.69, 9.17) is 15.2 Å². The molecule has 1 aromatic rings. The van der Waals surface area contributed by atoms with Gasteiger partial charge in [-0.25, -0.2) is 9.97 Å². The number of hydrogen-bond acceptors (Lipinski definition) is 7. The minimum atomic E-state index is 0.263. The first kappa shape index (κ1) is 15.8. The van der Waals surface area contributed by atoms with Crippen molar-refractivity contribution < 1.29 is 9.47 Å². The Labute approximate surface area is 126 Å². The zero-order valence-electron chi connectivity index (χ0n) is 13.1. The minimum Gasteiger partial charge on any atom is -0.393 e. The molecule has 2 rings (SSSR count). The Bertz CT molecular complexity index is 451. The van der Waals surface area contributed by atoms with Gasteiger partial charge in [-0.1, -0.05) is 0 Å². The first-order valence-electron chi connectivity index (χ1n) is 7.26. The topological polar surface area (TPSA) is 76.7 Å². The van der Waals surface area contributed by atoms with E-state index in [1.54, 1.807) is 13.4 Å². The summed E-state index contributed by atoms with van der Waals surface area (Å²) in [6.45, 7) is 3.00. The second-order valence-electron chi connectivity index (χ2n) is 5.36. The Morgan fingerprint density at radius 2 is 2.05 bits per heavy atom. The van der Waals surface area contributed by atoms with E-state index in [0.29, 0.717) is 12.3 Å². The molecule has 1 unspecified atom stereocenters. The summed E-state index contributed by atoms with van der Waals surface area (Å²) >= 11 is 0. The monoisotopic (exact) mass is 295 g/mol. The van der Waals surface area contributed by atoms with Crippen LogP contribution in [0.25, 0.3) is 0 Å². The molecule has 2 N–H and O–H groups in total. The van der Waals surface area contributed by atoms with Crippen molar-refractivity contribution in [3.8, 4) is 0 Å². The first-order chi connectivity index (χ1) is 10.1. The van der Waals surface area contributed by atoms with Gasteiger partial charge in [0.25, 0.3) is 0 Å². The lowest BCUT2D eigenvalue weighted by Gasteiger charge is -2.25. The molecule has 0 spiro atoms. The Morgan fingerprint density at radius 1 is 1.33 bits per heavy atom. The molecule has 1 aliphatic rings. The van der Waals surface area contributed by atoms with Gasteiger partial charge in [0.05, 0.1) is 12.7 Å². The molecule has 1 fully saturated rings. The van der Waals surface area contributed by atoms with E-state index in [2.05, 4.69) is 9.97 Å². The average molecular weight is 295 g/mol. The third kappa shape index (κ3) is 3.95. The average Bonchev–Trinajstić information content (AvgIpc) is 2.97. The standard InChI is InChI=1S/C14H25N5O2/c1-18(6-8-20-3)13-12(15)14(17-10-16-13)19(2)9-11-5-4-7-21-11/h10-11H,4-9,15H2,1-3H3. The van der Waals surface area contributed by atoms with Crippen molar-refractivity contribution in [2.24, 2.45) is 0 Å². The molecule has 1 aliphatic heterocycles. The number of hydrogen-bond donors (Lipinski definition) is 1. The molecule has 7 heteroatoms. The van der Waals surface area contributed by atoms with Crippen LogP contribution in [-0.2, 0) is 9.47 Å². The zero-order valence-corrected chi connectivity index (χ0v) is 13.1. The predicted molar refractivity (Wildman–Crippen MR) is 83.8 cm³/mol. The molecule has 7 nitrogen and oxygen atoms in total. The van der Waals surface area contributed by atoms with Crippen molar-refractivity contribution in [2.45, 2.75) is 18.9 Å². The molecule has 0 aromatic carbocycles. The van der Waals surface area contributed by atoms with Gasteiger partial charge in [0, 0.05) is 40.9 Å². The number of methoxy groups -OCH3 is 1. The van der Waals surface area contributed by atoms with Crippen molar-refractivity contribution in [1.29, 1.82) is 0 Å². The number of nitrogens with zero attached hydrogens (tertiary/aromatic N) is 4. The summed E-state index contributed by atoms with van der Waals surface area (Å²) in [5.74, 6) is 1.48. The van der Waals surface area contributed by atoms with Crippen molar-refractivity contribution in [1.82, 2.24) is 9.97 Å². The van der Waals surface area contributed by atoms with Gasteiger partial charge in [0.2, 0.25) is 0 Å². The van der Waals surface area contributed by atoms with Crippen LogP contribution < -0.4 is 15.5 Å². The van der Waals surface area contributed by atoms with E-state index >= 15 is 0 Å². The molecule has 0 aliphatic carbocycles. The van der Waals surface area contributed by atoms with Gasteiger partial charge >= 0.3 is 0 Å². The summed E-state index contributed by atoms with van der Waals surface area (Å²) in [7, 11) is 5.61. The number of nitrogens with two attached hydrogens (primary N) is 1. The molecule has 2 heterocycles. The number of likely N-dealkylation sites (N-methyl/N-ethyl adjacent to an activating group) is 2. The maximum atomic E-state index is 6.24. The van der Waals surface area contributed by atoms with Gasteiger partial charge in [0.15, 0.2) is 11.6 Å². The third-order valence-corrected chi connectivity index (χ3v) is 3.70. The summed E-state index contributed by atoms with van der Waals surface area (Å²) in [5, 5.41) is 0. The molecule has 1 aromatic heterocycles. The van der Waals surface area contributed by atoms with Gasteiger partial charge in [-0.15, -0.1) is 0 Å². The summed E-state index contributed by atoms with van der Waals surface area (Å²) in [5.41, 5.74) is 6.84. The fourth-order valence-electron chi connectivity index (χ4n) is 2.50. The Balaban J connectivity index is 2.08. The molecule has 118 valence electrons. The lowest BCUT2D eigenvalue weighted by atomic mass is 10.2. The van der Waals surface area contributed by atoms with Gasteiger partial charge < -0.3 is 25.0 Å². The number of rotatable bonds is 7. The van der Waals surface area contributed by atoms with Crippen LogP contribution in [0.2, 0.25) is 0 Å². The highest BCUT2D eigenvalue weighted by Gasteiger charge is 2.21. The highest BCUT2D eigenvalue weighted by Crippen LogP contribution is 2.28. The van der Waals surface area contributed by atoms with Crippen LogP contribution in [0.3, 0.4) is 0 Å². The maximum absolute atomic E-state index is 6.24. The minimum absolute atomic E-state index is 0.263. The van der Waals surface area contributed by atoms with Gasteiger partial charge in [-0.2, -0.15) is 0 Å². The molecule has 0 saturated carbocycles. The largest absolute Gasteiger partial charge is 0.393 e. The van der Waals surface area contributed by atoms with Crippen molar-refractivity contribution in [2.75, 3.05) is 63.0 Å². The smallest absolute Gasteiger partial charge is 0.157 e. The number of nitrogen functional groups attached to an aromatic ring is 1. The molecule has 0 amide bonds. The number of anilines is 3. The fraction of sp³-hybridized carbons (Fsp3) is 0.714. The van der Waals surface area contributed by atoms with Crippen LogP contribution in [-0.4, -0.2) is 63.6 Å². The van der Waals surface area contributed by atoms with Gasteiger partial charge in [0.1, 0.15) is 12.0 Å². The van der Waals surface area contributed by atoms with Crippen molar-refractivity contribution in [3.05, 3.63) is 6.33 Å². The highest BCUT2D eigenvalue weighted by atomic mass is 16.5. The van der Waals surface area contributed by atoms with Crippen molar-refractivity contribution in [3.63, 3.8) is 0 Å². The summed E-state index contributed by atoms with van der Waals surface area (Å²) in [6.07, 6.45) is 4.04. The van der Waals surface area contributed by atoms with Gasteiger partial charge in [-0.3, -0.25) is 0 Å². The van der Waals surface area contributed by atoms with E-state index < -0.39 is 0 Å². The second-order valence-corrected chi connectivity index (χ2v) is 5.36. The number of ether oxygens (including phenoxy) is 2. The van der Waals surface area contributed by atoms with Crippen LogP contribution in [0.5, 0.6) is 0 Å². The Morgan fingerprint density at radius 3 is 2.67 bits per heavy atom. The van der Waals surface area contributed by atoms with E-state index in [9.17, 15) is 0 Å². The zero-order chi connectivity index (χ0) is 15.2. The van der Waals surface area contributed by atoms with Crippen molar-refractivity contribution >= 4 is 17.3 Å². The molecule has 21 heavy (non-hydrogen) atoms. The fourth-order valence-corrected chi connectivity index (χ4v) is 2.50. The Kier molecular flexibility index (Phi) is 5.58. The molecular weight excluding hydrogens is 270 g/mol. The van der Waals surface area contributed by atoms with Crippen LogP contribution in [0.4, 0.5) is 17.3 Å². The van der Waals surface area contributed by atoms with Crippen LogP contribution in [0, 0.1) is 0 Å². The number of aromatic nitrogens is 2. The van der Waals surface area contributed by atoms with Crippen LogP contribution in [0.15, 0.2) is 6.33 Å². The first-order valence-corrected chi connectivity index (χ1v) is 7.26. The Hall–Kier alpha value is -1.60. The van der Waals surface area contributed by atoms with Crippen LogP contribution >= 0.6 is 0 Å². The van der Waals surface area contributed by atoms with E-state index in [1.807, 2.05) is 23.9 Å². The van der Waals surface area contributed by atoms with Crippen LogP contribution in [0.1, 0.15) is 12.8 Å². The lowest BCUT2D eigenvalue weighted by molar-refractivity contribution is 0.116. The van der Waals surface area contributed by atoms with Gasteiger partial charge in [-0.05, 0) is 12.8 Å². The molecule has 1 saturated heterocycles. The van der Waals surface area contributed by atoms with E-state index in [-0.39, 0.29) is 6.10 Å². The predicted octanol–water partition coefficient (Wildman–Crippen LogP) is 0.757. The molecule has 0 bridgehead atoms. The van der Waals surface area contributed by atoms with E-state index in [1.165, 1.54) is 0 Å². The summed E-state index contributed by atoms with van der Waals surface area (Å²) in [6, 6.07) is 0. The quantitative estimate of drug-likeness (QED) is 0.795. The van der Waals surface area contributed by atoms with E-state index in [0.717, 1.165) is 44.2 Å². The molecule has 1 atom stereocenters. The normalized spacial score (nSPS) is 18.0. The maximum Gasteiger partial charge on any atom is 0.157 e. The lowest BCUT2D eigenvalue weighted by Crippen LogP contribution is -2.31. The summed E-state index contributed by atoms with van der Waals surface area (Å²) in [4.78, 5) is 12.6. The molecule has 0 radical (unpaired) electrons. The third-order valence-electron chi connectivity index (χ3n) is 3.70. The summed E-state index contributed by atoms with van der Waals surface area (Å²) < 4.78 is 10.8. The highest BCUT2D eigenvalue weighted by molar-refractivity contribution is 5.75. The molecular formula is C14H25N5O2. The second kappa shape index (κ2) is 7.42.